The number of anilines is 1. The van der Waals surface area contributed by atoms with Gasteiger partial charge in [-0.2, -0.15) is 5.26 Å². The van der Waals surface area contributed by atoms with E-state index in [0.29, 0.717) is 16.5 Å². The van der Waals surface area contributed by atoms with E-state index in [4.69, 9.17) is 11.6 Å². The van der Waals surface area contributed by atoms with E-state index in [1.54, 1.807) is 0 Å². The summed E-state index contributed by atoms with van der Waals surface area (Å²) >= 11 is 7.26. The van der Waals surface area contributed by atoms with Crippen LogP contribution in [0.3, 0.4) is 0 Å². The molecule has 0 radical (unpaired) electrons. The van der Waals surface area contributed by atoms with Crippen LogP contribution in [0.25, 0.3) is 0 Å². The van der Waals surface area contributed by atoms with Crippen molar-refractivity contribution < 1.29 is 9.72 Å². The normalized spacial score (nSPS) is 16.0. The van der Waals surface area contributed by atoms with Gasteiger partial charge in [0.1, 0.15) is 16.1 Å². The summed E-state index contributed by atoms with van der Waals surface area (Å²) in [6.45, 7) is 6.75. The van der Waals surface area contributed by atoms with Gasteiger partial charge in [0.15, 0.2) is 0 Å². The number of benzene rings is 1. The highest BCUT2D eigenvalue weighted by Crippen LogP contribution is 2.45. The minimum atomic E-state index is -0.626. The average Bonchev–Trinajstić information content (AvgIpc) is 3.03. The molecule has 1 N–H and O–H groups in total. The molecule has 0 bridgehead atoms. The molecular weight excluding hydrogens is 410 g/mol. The molecule has 29 heavy (non-hydrogen) atoms. The van der Waals surface area contributed by atoms with Gasteiger partial charge >= 0.3 is 0 Å². The molecule has 1 aliphatic rings. The third kappa shape index (κ3) is 4.14. The first-order valence-corrected chi connectivity index (χ1v) is 10.7. The number of nitriles is 1. The maximum Gasteiger partial charge on any atom is 0.288 e. The van der Waals surface area contributed by atoms with Gasteiger partial charge in [0, 0.05) is 16.5 Å². The van der Waals surface area contributed by atoms with Crippen molar-refractivity contribution in [1.82, 2.24) is 0 Å². The molecular formula is C21H22ClN3O3S. The molecule has 0 saturated heterocycles. The number of thiophene rings is 1. The molecule has 8 heteroatoms. The van der Waals surface area contributed by atoms with Gasteiger partial charge in [0.2, 0.25) is 0 Å². The number of halogens is 1. The van der Waals surface area contributed by atoms with Crippen LogP contribution in [0, 0.1) is 32.8 Å². The second-order valence-corrected chi connectivity index (χ2v) is 9.49. The van der Waals surface area contributed by atoms with E-state index in [2.05, 4.69) is 32.2 Å². The van der Waals surface area contributed by atoms with Gasteiger partial charge in [-0.15, -0.1) is 11.3 Å². The highest BCUT2D eigenvalue weighted by Gasteiger charge is 2.34. The lowest BCUT2D eigenvalue weighted by molar-refractivity contribution is -0.384. The summed E-state index contributed by atoms with van der Waals surface area (Å²) in [6, 6.07) is 6.15. The largest absolute Gasteiger partial charge is 0.312 e. The van der Waals surface area contributed by atoms with E-state index < -0.39 is 10.8 Å². The van der Waals surface area contributed by atoms with Crippen LogP contribution in [0.4, 0.5) is 10.7 Å². The summed E-state index contributed by atoms with van der Waals surface area (Å²) in [5.74, 6) is 0.0398. The van der Waals surface area contributed by atoms with Crippen LogP contribution in [0.15, 0.2) is 18.2 Å². The Morgan fingerprint density at radius 3 is 2.83 bits per heavy atom. The monoisotopic (exact) mass is 431 g/mol. The van der Waals surface area contributed by atoms with E-state index in [9.17, 15) is 20.2 Å². The Morgan fingerprint density at radius 1 is 1.48 bits per heavy atom. The van der Waals surface area contributed by atoms with Crippen LogP contribution in [0.1, 0.15) is 60.0 Å². The van der Waals surface area contributed by atoms with Gasteiger partial charge < -0.3 is 5.32 Å². The molecule has 1 aromatic carbocycles. The van der Waals surface area contributed by atoms with E-state index in [-0.39, 0.29) is 21.7 Å². The zero-order valence-corrected chi connectivity index (χ0v) is 18.1. The number of nitro benzene ring substituents is 1. The number of nitrogens with one attached hydrogen (secondary N) is 1. The van der Waals surface area contributed by atoms with Gasteiger partial charge in [0.05, 0.1) is 10.5 Å². The number of hydrogen-bond donors (Lipinski definition) is 1. The lowest BCUT2D eigenvalue weighted by Crippen LogP contribution is -2.28. The molecule has 3 rings (SSSR count). The van der Waals surface area contributed by atoms with E-state index >= 15 is 0 Å². The smallest absolute Gasteiger partial charge is 0.288 e. The van der Waals surface area contributed by atoms with Crippen LogP contribution in [0.2, 0.25) is 5.02 Å². The predicted molar refractivity (Wildman–Crippen MR) is 115 cm³/mol. The summed E-state index contributed by atoms with van der Waals surface area (Å²) in [7, 11) is 0. The van der Waals surface area contributed by atoms with Gasteiger partial charge in [-0.05, 0) is 48.3 Å². The molecule has 0 fully saturated rings. The lowest BCUT2D eigenvalue weighted by Gasteiger charge is -2.36. The van der Waals surface area contributed by atoms with Crippen molar-refractivity contribution in [1.29, 1.82) is 5.26 Å². The Kier molecular flexibility index (Phi) is 5.97. The van der Waals surface area contributed by atoms with Crippen molar-refractivity contribution in [2.75, 3.05) is 5.32 Å². The van der Waals surface area contributed by atoms with Crippen molar-refractivity contribution in [2.24, 2.45) is 11.3 Å². The quantitative estimate of drug-likeness (QED) is 0.465. The highest BCUT2D eigenvalue weighted by molar-refractivity contribution is 7.16. The number of nitrogens with zero attached hydrogens (tertiary/aromatic N) is 2. The van der Waals surface area contributed by atoms with Gasteiger partial charge in [-0.1, -0.05) is 38.8 Å². The topological polar surface area (TPSA) is 96.0 Å². The van der Waals surface area contributed by atoms with E-state index in [0.717, 1.165) is 42.2 Å². The minimum absolute atomic E-state index is 0.0274. The predicted octanol–water partition coefficient (Wildman–Crippen LogP) is 5.97. The Hall–Kier alpha value is -2.43. The molecule has 0 saturated carbocycles. The van der Waals surface area contributed by atoms with Crippen LogP contribution < -0.4 is 5.32 Å². The summed E-state index contributed by atoms with van der Waals surface area (Å²) in [5, 5.41) is 24.0. The van der Waals surface area contributed by atoms with Crippen molar-refractivity contribution in [3.8, 4) is 6.07 Å². The molecule has 1 atom stereocenters. The second kappa shape index (κ2) is 8.13. The van der Waals surface area contributed by atoms with Gasteiger partial charge in [0.25, 0.3) is 11.6 Å². The van der Waals surface area contributed by atoms with Crippen LogP contribution in [-0.4, -0.2) is 10.8 Å². The third-order valence-electron chi connectivity index (χ3n) is 6.03. The van der Waals surface area contributed by atoms with Crippen LogP contribution in [0.5, 0.6) is 0 Å². The highest BCUT2D eigenvalue weighted by atomic mass is 35.5. The Balaban J connectivity index is 1.88. The molecule has 0 aliphatic heterocycles. The first-order valence-electron chi connectivity index (χ1n) is 9.47. The maximum absolute atomic E-state index is 12.7. The summed E-state index contributed by atoms with van der Waals surface area (Å²) < 4.78 is 0. The standard InChI is InChI=1S/C21H22ClN3O3S/c1-4-21(2,3)13-6-7-14-15(11-23)20(29-18(14)10-13)24-19(26)12-5-8-16(22)17(9-12)25(27)28/h5,8-9,13H,4,6-7,10H2,1-3H3,(H,24,26). The van der Waals surface area contributed by atoms with E-state index in [1.165, 1.54) is 23.5 Å². The number of carbonyl (C=O) groups excluding carboxylic acids is 1. The Labute approximate surface area is 178 Å². The first-order chi connectivity index (χ1) is 13.7. The Bertz CT molecular complexity index is 1020. The van der Waals surface area contributed by atoms with Crippen LogP contribution in [-0.2, 0) is 12.8 Å². The van der Waals surface area contributed by atoms with Crippen molar-refractivity contribution in [3.05, 3.63) is 54.9 Å². The zero-order chi connectivity index (χ0) is 21.3. The van der Waals surface area contributed by atoms with Gasteiger partial charge in [-0.25, -0.2) is 0 Å². The fourth-order valence-corrected chi connectivity index (χ4v) is 5.18. The third-order valence-corrected chi connectivity index (χ3v) is 7.51. The molecule has 1 aliphatic carbocycles. The fraction of sp³-hybridized carbons (Fsp3) is 0.429. The van der Waals surface area contributed by atoms with E-state index in [1.807, 2.05) is 0 Å². The first kappa shape index (κ1) is 21.3. The summed E-state index contributed by atoms with van der Waals surface area (Å²) in [4.78, 5) is 24.3. The van der Waals surface area contributed by atoms with Crippen molar-refractivity contribution in [3.63, 3.8) is 0 Å². The van der Waals surface area contributed by atoms with Crippen LogP contribution >= 0.6 is 22.9 Å². The lowest BCUT2D eigenvalue weighted by atomic mass is 9.69. The number of rotatable bonds is 5. The number of carbonyl (C=O) groups is 1. The molecule has 1 amide bonds. The van der Waals surface area contributed by atoms with Gasteiger partial charge in [-0.3, -0.25) is 14.9 Å². The molecule has 1 unspecified atom stereocenters. The molecule has 2 aromatic rings. The number of fused-ring (bicyclic) bond motifs is 1. The average molecular weight is 432 g/mol. The maximum atomic E-state index is 12.7. The number of hydrogen-bond acceptors (Lipinski definition) is 5. The number of amides is 1. The molecule has 0 spiro atoms. The second-order valence-electron chi connectivity index (χ2n) is 7.98. The molecule has 1 heterocycles. The molecule has 6 nitrogen and oxygen atoms in total. The zero-order valence-electron chi connectivity index (χ0n) is 16.5. The Morgan fingerprint density at radius 2 is 2.21 bits per heavy atom. The number of nitro groups is 1. The minimum Gasteiger partial charge on any atom is -0.312 e. The van der Waals surface area contributed by atoms with Crippen molar-refractivity contribution >= 4 is 39.5 Å². The fourth-order valence-electron chi connectivity index (χ4n) is 3.72. The SMILES string of the molecule is CCC(C)(C)C1CCc2c(sc(NC(=O)c3ccc(Cl)c([N+](=O)[O-])c3)c2C#N)C1. The van der Waals surface area contributed by atoms with Crippen molar-refractivity contribution in [2.45, 2.75) is 46.5 Å². The summed E-state index contributed by atoms with van der Waals surface area (Å²) in [5.41, 5.74) is 1.56. The molecule has 1 aromatic heterocycles. The molecule has 152 valence electrons. The summed E-state index contributed by atoms with van der Waals surface area (Å²) in [6.07, 6.45) is 3.83.